The molecule has 3 aromatic rings. The molecule has 6 nitrogen and oxygen atoms in total. The number of nitrogens with zero attached hydrogens (tertiary/aromatic N) is 3. The zero-order valence-corrected chi connectivity index (χ0v) is 14.3. The number of hydrogen-bond acceptors (Lipinski definition) is 5. The molecule has 1 aliphatic rings. The van der Waals surface area contributed by atoms with E-state index >= 15 is 0 Å². The van der Waals surface area contributed by atoms with E-state index in [1.807, 2.05) is 12.1 Å². The fourth-order valence-corrected chi connectivity index (χ4v) is 3.98. The summed E-state index contributed by atoms with van der Waals surface area (Å²) in [6.45, 7) is 1.21. The van der Waals surface area contributed by atoms with Crippen LogP contribution < -0.4 is 5.56 Å². The molecule has 0 unspecified atom stereocenters. The molecule has 25 heavy (non-hydrogen) atoms. The molecule has 7 heteroatoms. The summed E-state index contributed by atoms with van der Waals surface area (Å²) in [6, 6.07) is 7.24. The van der Waals surface area contributed by atoms with Gasteiger partial charge in [0.1, 0.15) is 11.3 Å². The lowest BCUT2D eigenvalue weighted by atomic mass is 9.89. The number of piperidine rings is 1. The molecule has 0 saturated carbocycles. The molecular formula is C18H17N3O3S. The second-order valence-electron chi connectivity index (χ2n) is 6.19. The number of carbonyl (C=O) groups excluding carboxylic acids is 1. The van der Waals surface area contributed by atoms with Crippen molar-refractivity contribution in [3.8, 4) is 5.75 Å². The molecule has 0 spiro atoms. The first-order valence-electron chi connectivity index (χ1n) is 8.16. The highest BCUT2D eigenvalue weighted by Crippen LogP contribution is 2.29. The number of amides is 1. The van der Waals surface area contributed by atoms with Crippen molar-refractivity contribution in [1.82, 2.24) is 14.3 Å². The monoisotopic (exact) mass is 355 g/mol. The molecule has 1 saturated heterocycles. The third-order valence-corrected chi connectivity index (χ3v) is 5.49. The van der Waals surface area contributed by atoms with Gasteiger partial charge in [0.15, 0.2) is 4.96 Å². The van der Waals surface area contributed by atoms with Gasteiger partial charge in [0.2, 0.25) is 0 Å². The highest BCUT2D eigenvalue weighted by Gasteiger charge is 2.26. The Kier molecular flexibility index (Phi) is 4.01. The van der Waals surface area contributed by atoms with Crippen molar-refractivity contribution >= 4 is 22.2 Å². The van der Waals surface area contributed by atoms with Crippen LogP contribution in [0.25, 0.3) is 4.96 Å². The normalized spacial score (nSPS) is 15.6. The van der Waals surface area contributed by atoms with Crippen molar-refractivity contribution < 1.29 is 9.90 Å². The van der Waals surface area contributed by atoms with Crippen LogP contribution in [0.15, 0.2) is 46.8 Å². The summed E-state index contributed by atoms with van der Waals surface area (Å²) < 4.78 is 1.42. The van der Waals surface area contributed by atoms with E-state index in [1.165, 1.54) is 27.5 Å². The number of fused-ring (bicyclic) bond motifs is 1. The highest BCUT2D eigenvalue weighted by molar-refractivity contribution is 7.15. The number of benzene rings is 1. The number of aromatic hydroxyl groups is 1. The molecule has 0 aliphatic carbocycles. The lowest BCUT2D eigenvalue weighted by molar-refractivity contribution is 0.0710. The minimum atomic E-state index is -0.308. The van der Waals surface area contributed by atoms with Crippen molar-refractivity contribution in [1.29, 1.82) is 0 Å². The molecule has 1 fully saturated rings. The zero-order chi connectivity index (χ0) is 17.4. The van der Waals surface area contributed by atoms with Gasteiger partial charge < -0.3 is 10.0 Å². The summed E-state index contributed by atoms with van der Waals surface area (Å²) in [5.74, 6) is 0.374. The van der Waals surface area contributed by atoms with E-state index in [2.05, 4.69) is 4.98 Å². The van der Waals surface area contributed by atoms with Gasteiger partial charge in [0.25, 0.3) is 11.5 Å². The summed E-state index contributed by atoms with van der Waals surface area (Å²) in [5, 5.41) is 11.2. The average molecular weight is 355 g/mol. The Morgan fingerprint density at radius 3 is 2.64 bits per heavy atom. The smallest absolute Gasteiger partial charge is 0.271 e. The summed E-state index contributed by atoms with van der Waals surface area (Å²) in [7, 11) is 0. The van der Waals surface area contributed by atoms with Gasteiger partial charge in [-0.2, -0.15) is 0 Å². The van der Waals surface area contributed by atoms with Gasteiger partial charge in [0.05, 0.1) is 0 Å². The number of carbonyl (C=O) groups is 1. The Balaban J connectivity index is 1.50. The number of thiazole rings is 1. The first kappa shape index (κ1) is 15.8. The van der Waals surface area contributed by atoms with Crippen molar-refractivity contribution in [3.63, 3.8) is 0 Å². The Morgan fingerprint density at radius 2 is 1.92 bits per heavy atom. The van der Waals surface area contributed by atoms with E-state index in [1.54, 1.807) is 28.6 Å². The predicted octanol–water partition coefficient (Wildman–Crippen LogP) is 2.48. The van der Waals surface area contributed by atoms with E-state index in [4.69, 9.17) is 0 Å². The van der Waals surface area contributed by atoms with Crippen molar-refractivity contribution in [2.75, 3.05) is 13.1 Å². The van der Waals surface area contributed by atoms with Crippen LogP contribution in [0.5, 0.6) is 5.75 Å². The number of rotatable bonds is 2. The maximum absolute atomic E-state index is 12.7. The SMILES string of the molecule is O=C(c1cnc2sccn2c1=O)N1CCC(c2ccc(O)cc2)CC1. The molecule has 1 aliphatic heterocycles. The molecular weight excluding hydrogens is 338 g/mol. The molecule has 1 aromatic carbocycles. The summed E-state index contributed by atoms with van der Waals surface area (Å²) in [4.78, 5) is 31.7. The van der Waals surface area contributed by atoms with Crippen LogP contribution in [0.2, 0.25) is 0 Å². The van der Waals surface area contributed by atoms with Gasteiger partial charge in [0, 0.05) is 30.9 Å². The first-order valence-corrected chi connectivity index (χ1v) is 9.04. The van der Waals surface area contributed by atoms with E-state index in [0.717, 1.165) is 12.8 Å². The molecule has 1 amide bonds. The second kappa shape index (κ2) is 6.33. The standard InChI is InChI=1S/C18H17N3O3S/c22-14-3-1-12(2-4-14)13-5-7-20(8-6-13)16(23)15-11-19-18-21(17(15)24)9-10-25-18/h1-4,9-11,13,22H,5-8H2. The molecule has 128 valence electrons. The van der Waals surface area contributed by atoms with E-state index < -0.39 is 0 Å². The van der Waals surface area contributed by atoms with Gasteiger partial charge in [-0.25, -0.2) is 4.98 Å². The Bertz CT molecular complexity index is 969. The van der Waals surface area contributed by atoms with Crippen molar-refractivity contribution in [2.24, 2.45) is 0 Å². The lowest BCUT2D eigenvalue weighted by Gasteiger charge is -2.32. The predicted molar refractivity (Wildman–Crippen MR) is 95.3 cm³/mol. The highest BCUT2D eigenvalue weighted by atomic mass is 32.1. The van der Waals surface area contributed by atoms with Crippen molar-refractivity contribution in [3.05, 3.63) is 63.5 Å². The Labute approximate surface area is 148 Å². The largest absolute Gasteiger partial charge is 0.508 e. The third-order valence-electron chi connectivity index (χ3n) is 4.72. The number of hydrogen-bond donors (Lipinski definition) is 1. The quantitative estimate of drug-likeness (QED) is 0.766. The van der Waals surface area contributed by atoms with Crippen LogP contribution in [-0.2, 0) is 0 Å². The van der Waals surface area contributed by atoms with Crippen LogP contribution in [-0.4, -0.2) is 38.4 Å². The maximum atomic E-state index is 12.7. The summed E-state index contributed by atoms with van der Waals surface area (Å²) in [6.07, 6.45) is 4.71. The zero-order valence-electron chi connectivity index (χ0n) is 13.5. The van der Waals surface area contributed by atoms with Crippen LogP contribution in [0.4, 0.5) is 0 Å². The average Bonchev–Trinajstić information content (AvgIpc) is 3.12. The molecule has 3 heterocycles. The maximum Gasteiger partial charge on any atom is 0.271 e. The molecule has 0 radical (unpaired) electrons. The van der Waals surface area contributed by atoms with Gasteiger partial charge in [-0.1, -0.05) is 12.1 Å². The molecule has 0 atom stereocenters. The molecule has 2 aromatic heterocycles. The summed E-state index contributed by atoms with van der Waals surface area (Å²) >= 11 is 1.37. The van der Waals surface area contributed by atoms with Crippen LogP contribution in [0.3, 0.4) is 0 Å². The molecule has 1 N–H and O–H groups in total. The Morgan fingerprint density at radius 1 is 1.20 bits per heavy atom. The van der Waals surface area contributed by atoms with Gasteiger partial charge in [-0.3, -0.25) is 14.0 Å². The third kappa shape index (κ3) is 2.91. The fourth-order valence-electron chi connectivity index (χ4n) is 3.30. The van der Waals surface area contributed by atoms with E-state index in [9.17, 15) is 14.7 Å². The molecule has 4 rings (SSSR count). The van der Waals surface area contributed by atoms with Gasteiger partial charge >= 0.3 is 0 Å². The molecule has 0 bridgehead atoms. The van der Waals surface area contributed by atoms with Crippen LogP contribution in [0, 0.1) is 0 Å². The van der Waals surface area contributed by atoms with Crippen molar-refractivity contribution in [2.45, 2.75) is 18.8 Å². The number of phenols is 1. The summed E-state index contributed by atoms with van der Waals surface area (Å²) in [5.41, 5.74) is 0.988. The van der Waals surface area contributed by atoms with Gasteiger partial charge in [-0.15, -0.1) is 11.3 Å². The van der Waals surface area contributed by atoms with Crippen LogP contribution >= 0.6 is 11.3 Å². The first-order chi connectivity index (χ1) is 12.1. The number of aromatic nitrogens is 2. The van der Waals surface area contributed by atoms with E-state index in [0.29, 0.717) is 24.0 Å². The minimum absolute atomic E-state index is 0.124. The number of phenolic OH excluding ortho intramolecular Hbond substituents is 1. The minimum Gasteiger partial charge on any atom is -0.508 e. The second-order valence-corrected chi connectivity index (χ2v) is 7.06. The van der Waals surface area contributed by atoms with Gasteiger partial charge in [-0.05, 0) is 36.5 Å². The topological polar surface area (TPSA) is 74.9 Å². The lowest BCUT2D eigenvalue weighted by Crippen LogP contribution is -2.40. The van der Waals surface area contributed by atoms with E-state index in [-0.39, 0.29) is 22.8 Å². The fraction of sp³-hybridized carbons (Fsp3) is 0.278. The number of likely N-dealkylation sites (tertiary alicyclic amines) is 1. The van der Waals surface area contributed by atoms with Crippen LogP contribution in [0.1, 0.15) is 34.7 Å². The Hall–Kier alpha value is -2.67.